The molecule has 5 heteroatoms. The lowest BCUT2D eigenvalue weighted by atomic mass is 10.1. The van der Waals surface area contributed by atoms with Crippen molar-refractivity contribution in [1.29, 1.82) is 5.26 Å². The molecule has 110 valence electrons. The maximum Gasteiger partial charge on any atom is 0.103 e. The van der Waals surface area contributed by atoms with Gasteiger partial charge < -0.3 is 5.32 Å². The number of nitriles is 1. The summed E-state index contributed by atoms with van der Waals surface area (Å²) >= 11 is 0. The van der Waals surface area contributed by atoms with E-state index in [0.717, 1.165) is 36.5 Å². The SMILES string of the molecule is CCNC(CC)c1nnn(-c2ccc(C#N)cc2)c1CC. The van der Waals surface area contributed by atoms with E-state index in [1.807, 2.05) is 16.8 Å². The molecule has 0 saturated carbocycles. The molecule has 0 fully saturated rings. The van der Waals surface area contributed by atoms with Crippen LogP contribution in [0.4, 0.5) is 0 Å². The number of rotatable bonds is 6. The molecule has 1 N–H and O–H groups in total. The monoisotopic (exact) mass is 283 g/mol. The molecule has 0 amide bonds. The van der Waals surface area contributed by atoms with Crippen molar-refractivity contribution in [3.05, 3.63) is 41.2 Å². The van der Waals surface area contributed by atoms with Crippen molar-refractivity contribution in [3.8, 4) is 11.8 Å². The summed E-state index contributed by atoms with van der Waals surface area (Å²) in [6, 6.07) is 9.78. The largest absolute Gasteiger partial charge is 0.309 e. The highest BCUT2D eigenvalue weighted by Crippen LogP contribution is 2.21. The highest BCUT2D eigenvalue weighted by atomic mass is 15.4. The lowest BCUT2D eigenvalue weighted by Gasteiger charge is -2.15. The van der Waals surface area contributed by atoms with Gasteiger partial charge in [0.2, 0.25) is 0 Å². The molecule has 0 saturated heterocycles. The number of aromatic nitrogens is 3. The summed E-state index contributed by atoms with van der Waals surface area (Å²) in [7, 11) is 0. The highest BCUT2D eigenvalue weighted by molar-refractivity contribution is 5.40. The second-order valence-corrected chi connectivity index (χ2v) is 4.86. The molecule has 1 atom stereocenters. The first-order valence-electron chi connectivity index (χ1n) is 7.43. The average molecular weight is 283 g/mol. The Morgan fingerprint density at radius 3 is 2.48 bits per heavy atom. The van der Waals surface area contributed by atoms with Crippen LogP contribution in [0.5, 0.6) is 0 Å². The summed E-state index contributed by atoms with van der Waals surface area (Å²) in [5, 5.41) is 21.0. The molecule has 5 nitrogen and oxygen atoms in total. The quantitative estimate of drug-likeness (QED) is 0.885. The summed E-state index contributed by atoms with van der Waals surface area (Å²) < 4.78 is 1.87. The molecule has 2 rings (SSSR count). The fourth-order valence-corrected chi connectivity index (χ4v) is 2.48. The molecule has 1 aromatic carbocycles. The van der Waals surface area contributed by atoms with Crippen LogP contribution in [0.1, 0.15) is 50.2 Å². The van der Waals surface area contributed by atoms with Gasteiger partial charge in [-0.05, 0) is 43.7 Å². The Kier molecular flexibility index (Phi) is 5.07. The number of hydrogen-bond donors (Lipinski definition) is 1. The molecular weight excluding hydrogens is 262 g/mol. The molecular formula is C16H21N5. The first-order valence-corrected chi connectivity index (χ1v) is 7.43. The second-order valence-electron chi connectivity index (χ2n) is 4.86. The Balaban J connectivity index is 2.40. The molecule has 2 aromatic rings. The van der Waals surface area contributed by atoms with Gasteiger partial charge in [0.1, 0.15) is 5.69 Å². The Morgan fingerprint density at radius 1 is 1.24 bits per heavy atom. The smallest absolute Gasteiger partial charge is 0.103 e. The molecule has 21 heavy (non-hydrogen) atoms. The van der Waals surface area contributed by atoms with E-state index in [4.69, 9.17) is 5.26 Å². The number of benzene rings is 1. The molecule has 0 spiro atoms. The standard InChI is InChI=1S/C16H21N5/c1-4-14(18-6-3)16-15(5-2)21(20-19-16)13-9-7-12(11-17)8-10-13/h7-10,14,18H,4-6H2,1-3H3. The predicted octanol–water partition coefficient (Wildman–Crippen LogP) is 2.76. The lowest BCUT2D eigenvalue weighted by molar-refractivity contribution is 0.520. The number of nitrogens with one attached hydrogen (secondary N) is 1. The normalized spacial score (nSPS) is 12.1. The second kappa shape index (κ2) is 7.00. The lowest BCUT2D eigenvalue weighted by Crippen LogP contribution is -2.21. The zero-order valence-electron chi connectivity index (χ0n) is 12.8. The Hall–Kier alpha value is -2.19. The topological polar surface area (TPSA) is 66.5 Å². The van der Waals surface area contributed by atoms with E-state index in [9.17, 15) is 0 Å². The molecule has 1 aromatic heterocycles. The number of hydrogen-bond acceptors (Lipinski definition) is 4. The van der Waals surface area contributed by atoms with E-state index in [1.54, 1.807) is 12.1 Å². The van der Waals surface area contributed by atoms with Crippen LogP contribution in [-0.2, 0) is 6.42 Å². The van der Waals surface area contributed by atoms with Gasteiger partial charge in [-0.15, -0.1) is 5.10 Å². The van der Waals surface area contributed by atoms with Gasteiger partial charge >= 0.3 is 0 Å². The van der Waals surface area contributed by atoms with Gasteiger partial charge in [-0.3, -0.25) is 0 Å². The third-order valence-electron chi connectivity index (χ3n) is 3.56. The van der Waals surface area contributed by atoms with Gasteiger partial charge in [0.05, 0.1) is 29.1 Å². The predicted molar refractivity (Wildman–Crippen MR) is 82.2 cm³/mol. The van der Waals surface area contributed by atoms with Gasteiger partial charge in [-0.2, -0.15) is 5.26 Å². The van der Waals surface area contributed by atoms with Crippen LogP contribution in [0, 0.1) is 11.3 Å². The molecule has 0 aliphatic rings. The summed E-state index contributed by atoms with van der Waals surface area (Å²) in [5.41, 5.74) is 3.73. The zero-order chi connectivity index (χ0) is 15.2. The molecule has 1 heterocycles. The Labute approximate surface area is 125 Å². The molecule has 0 aliphatic carbocycles. The number of nitrogens with zero attached hydrogens (tertiary/aromatic N) is 4. The summed E-state index contributed by atoms with van der Waals surface area (Å²) in [4.78, 5) is 0. The van der Waals surface area contributed by atoms with Crippen LogP contribution in [0.15, 0.2) is 24.3 Å². The van der Waals surface area contributed by atoms with Crippen molar-refractivity contribution in [2.24, 2.45) is 0 Å². The minimum Gasteiger partial charge on any atom is -0.309 e. The highest BCUT2D eigenvalue weighted by Gasteiger charge is 2.19. The van der Waals surface area contributed by atoms with Crippen LogP contribution in [0.3, 0.4) is 0 Å². The Morgan fingerprint density at radius 2 is 1.95 bits per heavy atom. The van der Waals surface area contributed by atoms with Gasteiger partial charge in [0.15, 0.2) is 0 Å². The first kappa shape index (κ1) is 15.2. The van der Waals surface area contributed by atoms with Crippen molar-refractivity contribution in [2.45, 2.75) is 39.7 Å². The van der Waals surface area contributed by atoms with Crippen molar-refractivity contribution in [2.75, 3.05) is 6.54 Å². The minimum atomic E-state index is 0.233. The minimum absolute atomic E-state index is 0.233. The van der Waals surface area contributed by atoms with Crippen molar-refractivity contribution < 1.29 is 0 Å². The zero-order valence-corrected chi connectivity index (χ0v) is 12.8. The summed E-state index contributed by atoms with van der Waals surface area (Å²) in [5.74, 6) is 0. The molecule has 0 aliphatic heterocycles. The fraction of sp³-hybridized carbons (Fsp3) is 0.438. The van der Waals surface area contributed by atoms with Crippen molar-refractivity contribution in [1.82, 2.24) is 20.3 Å². The maximum absolute atomic E-state index is 8.87. The van der Waals surface area contributed by atoms with Crippen molar-refractivity contribution in [3.63, 3.8) is 0 Å². The molecule has 1 unspecified atom stereocenters. The van der Waals surface area contributed by atoms with Crippen LogP contribution >= 0.6 is 0 Å². The van der Waals surface area contributed by atoms with Gasteiger partial charge in [0.25, 0.3) is 0 Å². The van der Waals surface area contributed by atoms with Crippen LogP contribution in [0.2, 0.25) is 0 Å². The molecule has 0 bridgehead atoms. The van der Waals surface area contributed by atoms with E-state index in [1.165, 1.54) is 0 Å². The van der Waals surface area contributed by atoms with E-state index < -0.39 is 0 Å². The fourth-order valence-electron chi connectivity index (χ4n) is 2.48. The van der Waals surface area contributed by atoms with Crippen LogP contribution < -0.4 is 5.32 Å². The van der Waals surface area contributed by atoms with Gasteiger partial charge in [-0.1, -0.05) is 26.0 Å². The maximum atomic E-state index is 8.87. The average Bonchev–Trinajstić information content (AvgIpc) is 2.96. The van der Waals surface area contributed by atoms with Crippen molar-refractivity contribution >= 4 is 0 Å². The Bertz CT molecular complexity index is 621. The van der Waals surface area contributed by atoms with E-state index >= 15 is 0 Å². The van der Waals surface area contributed by atoms with E-state index in [2.05, 4.69) is 42.5 Å². The molecule has 0 radical (unpaired) electrons. The van der Waals surface area contributed by atoms with Gasteiger partial charge in [0, 0.05) is 0 Å². The third kappa shape index (κ3) is 3.11. The van der Waals surface area contributed by atoms with Crippen LogP contribution in [-0.4, -0.2) is 21.5 Å². The van der Waals surface area contributed by atoms with E-state index in [0.29, 0.717) is 5.56 Å². The third-order valence-corrected chi connectivity index (χ3v) is 3.56. The van der Waals surface area contributed by atoms with Crippen LogP contribution in [0.25, 0.3) is 5.69 Å². The summed E-state index contributed by atoms with van der Waals surface area (Å²) in [6.45, 7) is 7.26. The first-order chi connectivity index (χ1) is 10.2. The van der Waals surface area contributed by atoms with E-state index in [-0.39, 0.29) is 6.04 Å². The summed E-state index contributed by atoms with van der Waals surface area (Å²) in [6.07, 6.45) is 1.84. The van der Waals surface area contributed by atoms with Gasteiger partial charge in [-0.25, -0.2) is 4.68 Å².